The number of hydrogen-bond acceptors (Lipinski definition) is 1. The van der Waals surface area contributed by atoms with E-state index in [2.05, 4.69) is 54.2 Å². The number of halogens is 2. The number of aryl methyl sites for hydroxylation is 2. The SMILES string of the molecule is CCNC(Cc1ccccc1F)c1cc(C)c(Br)cc1C. The Kier molecular flexibility index (Phi) is 5.54. The number of nitrogens with one attached hydrogen (secondary N) is 1. The maximum absolute atomic E-state index is 13.9. The molecular weight excluding hydrogens is 329 g/mol. The molecule has 112 valence electrons. The highest BCUT2D eigenvalue weighted by molar-refractivity contribution is 9.10. The van der Waals surface area contributed by atoms with E-state index in [9.17, 15) is 4.39 Å². The Morgan fingerprint density at radius 1 is 1.14 bits per heavy atom. The third-order valence-electron chi connectivity index (χ3n) is 3.76. The third-order valence-corrected chi connectivity index (χ3v) is 4.61. The van der Waals surface area contributed by atoms with Crippen LogP contribution in [0.4, 0.5) is 4.39 Å². The van der Waals surface area contributed by atoms with E-state index >= 15 is 0 Å². The summed E-state index contributed by atoms with van der Waals surface area (Å²) in [5.74, 6) is -0.133. The Labute approximate surface area is 134 Å². The summed E-state index contributed by atoms with van der Waals surface area (Å²) in [6.45, 7) is 7.12. The van der Waals surface area contributed by atoms with Crippen LogP contribution in [0.5, 0.6) is 0 Å². The molecule has 0 amide bonds. The second-order valence-electron chi connectivity index (χ2n) is 5.36. The fourth-order valence-corrected chi connectivity index (χ4v) is 3.06. The van der Waals surface area contributed by atoms with E-state index in [-0.39, 0.29) is 11.9 Å². The van der Waals surface area contributed by atoms with Crippen LogP contribution < -0.4 is 5.32 Å². The van der Waals surface area contributed by atoms with E-state index in [1.807, 2.05) is 12.1 Å². The largest absolute Gasteiger partial charge is 0.310 e. The van der Waals surface area contributed by atoms with Crippen molar-refractivity contribution < 1.29 is 4.39 Å². The normalized spacial score (nSPS) is 12.4. The minimum absolute atomic E-state index is 0.124. The Morgan fingerprint density at radius 2 is 1.86 bits per heavy atom. The molecule has 0 aliphatic carbocycles. The molecule has 3 heteroatoms. The van der Waals surface area contributed by atoms with Crippen molar-refractivity contribution in [3.05, 3.63) is 68.9 Å². The van der Waals surface area contributed by atoms with Crippen molar-refractivity contribution in [2.45, 2.75) is 33.2 Å². The van der Waals surface area contributed by atoms with Gasteiger partial charge in [0.1, 0.15) is 5.82 Å². The molecule has 2 aromatic carbocycles. The molecule has 0 bridgehead atoms. The van der Waals surface area contributed by atoms with Gasteiger partial charge in [-0.3, -0.25) is 0 Å². The molecule has 2 aromatic rings. The summed E-state index contributed by atoms with van der Waals surface area (Å²) in [6, 6.07) is 11.5. The lowest BCUT2D eigenvalue weighted by Crippen LogP contribution is -2.24. The van der Waals surface area contributed by atoms with Crippen LogP contribution in [0.25, 0.3) is 0 Å². The predicted octanol–water partition coefficient (Wildman–Crippen LogP) is 5.10. The molecule has 21 heavy (non-hydrogen) atoms. The first kappa shape index (κ1) is 16.2. The quantitative estimate of drug-likeness (QED) is 0.791. The van der Waals surface area contributed by atoms with Gasteiger partial charge in [-0.05, 0) is 61.2 Å². The third kappa shape index (κ3) is 3.92. The van der Waals surface area contributed by atoms with Crippen LogP contribution in [0.1, 0.15) is 35.2 Å². The van der Waals surface area contributed by atoms with Gasteiger partial charge in [-0.1, -0.05) is 47.1 Å². The highest BCUT2D eigenvalue weighted by Gasteiger charge is 2.16. The molecule has 0 aliphatic heterocycles. The average Bonchev–Trinajstić information content (AvgIpc) is 2.45. The van der Waals surface area contributed by atoms with E-state index in [0.29, 0.717) is 6.42 Å². The van der Waals surface area contributed by atoms with Gasteiger partial charge in [-0.2, -0.15) is 0 Å². The van der Waals surface area contributed by atoms with E-state index < -0.39 is 0 Å². The van der Waals surface area contributed by atoms with Gasteiger partial charge in [0.05, 0.1) is 0 Å². The monoisotopic (exact) mass is 349 g/mol. The molecule has 0 saturated heterocycles. The van der Waals surface area contributed by atoms with Gasteiger partial charge in [-0.25, -0.2) is 4.39 Å². The summed E-state index contributed by atoms with van der Waals surface area (Å²) >= 11 is 3.57. The van der Waals surface area contributed by atoms with Gasteiger partial charge in [0.2, 0.25) is 0 Å². The Hall–Kier alpha value is -1.19. The molecule has 1 unspecified atom stereocenters. The highest BCUT2D eigenvalue weighted by Crippen LogP contribution is 2.28. The standard InChI is InChI=1S/C18H21BrFN/c1-4-21-18(11-14-7-5-6-8-17(14)20)15-9-13(3)16(19)10-12(15)2/h5-10,18,21H,4,11H2,1-3H3. The van der Waals surface area contributed by atoms with Gasteiger partial charge in [0.25, 0.3) is 0 Å². The van der Waals surface area contributed by atoms with Crippen molar-refractivity contribution in [1.82, 2.24) is 5.32 Å². The summed E-state index contributed by atoms with van der Waals surface area (Å²) in [7, 11) is 0. The summed E-state index contributed by atoms with van der Waals surface area (Å²) in [6.07, 6.45) is 0.655. The van der Waals surface area contributed by atoms with Crippen LogP contribution in [-0.2, 0) is 6.42 Å². The number of likely N-dealkylation sites (N-methyl/N-ethyl adjacent to an activating group) is 1. The van der Waals surface area contributed by atoms with Gasteiger partial charge < -0.3 is 5.32 Å². The molecule has 0 radical (unpaired) electrons. The average molecular weight is 350 g/mol. The first-order valence-corrected chi connectivity index (χ1v) is 8.05. The van der Waals surface area contributed by atoms with Crippen molar-refractivity contribution in [3.8, 4) is 0 Å². The van der Waals surface area contributed by atoms with Crippen molar-refractivity contribution in [3.63, 3.8) is 0 Å². The summed E-state index contributed by atoms with van der Waals surface area (Å²) in [5, 5.41) is 3.48. The number of benzene rings is 2. The van der Waals surface area contributed by atoms with Crippen LogP contribution in [0.15, 0.2) is 40.9 Å². The zero-order valence-corrected chi connectivity index (χ0v) is 14.3. The smallest absolute Gasteiger partial charge is 0.126 e. The molecule has 0 fully saturated rings. The number of hydrogen-bond donors (Lipinski definition) is 1. The first-order valence-electron chi connectivity index (χ1n) is 7.26. The highest BCUT2D eigenvalue weighted by atomic mass is 79.9. The predicted molar refractivity (Wildman–Crippen MR) is 90.1 cm³/mol. The Bertz CT molecular complexity index is 625. The molecule has 0 saturated carbocycles. The minimum atomic E-state index is -0.133. The fourth-order valence-electron chi connectivity index (χ4n) is 2.60. The van der Waals surface area contributed by atoms with Crippen molar-refractivity contribution in [2.75, 3.05) is 6.54 Å². The maximum Gasteiger partial charge on any atom is 0.126 e. The zero-order valence-electron chi connectivity index (χ0n) is 12.7. The summed E-state index contributed by atoms with van der Waals surface area (Å²) in [5.41, 5.74) is 4.41. The van der Waals surface area contributed by atoms with Gasteiger partial charge >= 0.3 is 0 Å². The zero-order chi connectivity index (χ0) is 15.4. The maximum atomic E-state index is 13.9. The van der Waals surface area contributed by atoms with E-state index in [1.165, 1.54) is 22.8 Å². The molecule has 1 atom stereocenters. The molecule has 0 aliphatic rings. The lowest BCUT2D eigenvalue weighted by molar-refractivity contribution is 0.526. The lowest BCUT2D eigenvalue weighted by atomic mass is 9.93. The van der Waals surface area contributed by atoms with Gasteiger partial charge in [0.15, 0.2) is 0 Å². The van der Waals surface area contributed by atoms with E-state index in [4.69, 9.17) is 0 Å². The minimum Gasteiger partial charge on any atom is -0.310 e. The van der Waals surface area contributed by atoms with Crippen LogP contribution in [0.3, 0.4) is 0 Å². The molecule has 0 heterocycles. The summed E-state index contributed by atoms with van der Waals surface area (Å²) in [4.78, 5) is 0. The number of rotatable bonds is 5. The second-order valence-corrected chi connectivity index (χ2v) is 6.22. The van der Waals surface area contributed by atoms with Gasteiger partial charge in [-0.15, -0.1) is 0 Å². The Morgan fingerprint density at radius 3 is 2.52 bits per heavy atom. The first-order chi connectivity index (χ1) is 10.0. The van der Waals surface area contributed by atoms with Crippen LogP contribution in [0.2, 0.25) is 0 Å². The topological polar surface area (TPSA) is 12.0 Å². The lowest BCUT2D eigenvalue weighted by Gasteiger charge is -2.22. The van der Waals surface area contributed by atoms with Crippen LogP contribution >= 0.6 is 15.9 Å². The van der Waals surface area contributed by atoms with Crippen molar-refractivity contribution in [1.29, 1.82) is 0 Å². The summed E-state index contributed by atoms with van der Waals surface area (Å²) < 4.78 is 15.0. The second kappa shape index (κ2) is 7.19. The molecule has 2 rings (SSSR count). The molecule has 0 spiro atoms. The molecular formula is C18H21BrFN. The van der Waals surface area contributed by atoms with E-state index in [1.54, 1.807) is 6.07 Å². The molecule has 1 nitrogen and oxygen atoms in total. The Balaban J connectivity index is 2.35. The van der Waals surface area contributed by atoms with E-state index in [0.717, 1.165) is 16.6 Å². The fraction of sp³-hybridized carbons (Fsp3) is 0.333. The van der Waals surface area contributed by atoms with Crippen molar-refractivity contribution >= 4 is 15.9 Å². The molecule has 1 N–H and O–H groups in total. The van der Waals surface area contributed by atoms with Crippen LogP contribution in [0, 0.1) is 19.7 Å². The van der Waals surface area contributed by atoms with Crippen LogP contribution in [-0.4, -0.2) is 6.54 Å². The molecule has 0 aromatic heterocycles. The van der Waals surface area contributed by atoms with Crippen molar-refractivity contribution in [2.24, 2.45) is 0 Å². The van der Waals surface area contributed by atoms with Gasteiger partial charge in [0, 0.05) is 10.5 Å².